The zero-order chi connectivity index (χ0) is 15.4. The SMILES string of the molecule is O=C(NCC1CC(F)CN1)C1(c2ccccc2)CCCCC1. The number of rotatable bonds is 4. The number of halogens is 1. The van der Waals surface area contributed by atoms with Gasteiger partial charge in [-0.05, 0) is 24.8 Å². The lowest BCUT2D eigenvalue weighted by molar-refractivity contribution is -0.128. The van der Waals surface area contributed by atoms with E-state index < -0.39 is 11.6 Å². The first kappa shape index (κ1) is 15.5. The standard InChI is InChI=1S/C18H25FN2O/c19-15-11-16(20-12-15)13-21-17(22)18(9-5-2-6-10-18)14-7-3-1-4-8-14/h1,3-4,7-8,15-16,20H,2,5-6,9-13H2,(H,21,22). The van der Waals surface area contributed by atoms with Gasteiger partial charge in [-0.1, -0.05) is 49.6 Å². The first-order valence-electron chi connectivity index (χ1n) is 8.42. The van der Waals surface area contributed by atoms with Gasteiger partial charge in [0, 0.05) is 19.1 Å². The van der Waals surface area contributed by atoms with Crippen molar-refractivity contribution in [3.63, 3.8) is 0 Å². The Bertz CT molecular complexity index is 499. The third-order valence-corrected chi connectivity index (χ3v) is 5.15. The maximum Gasteiger partial charge on any atom is 0.230 e. The van der Waals surface area contributed by atoms with Crippen LogP contribution in [0, 0.1) is 0 Å². The highest BCUT2D eigenvalue weighted by Gasteiger charge is 2.41. The van der Waals surface area contributed by atoms with Crippen molar-refractivity contribution in [2.24, 2.45) is 0 Å². The van der Waals surface area contributed by atoms with Crippen LogP contribution < -0.4 is 10.6 Å². The molecule has 0 aromatic heterocycles. The minimum Gasteiger partial charge on any atom is -0.354 e. The van der Waals surface area contributed by atoms with Crippen LogP contribution in [0.3, 0.4) is 0 Å². The van der Waals surface area contributed by atoms with Crippen molar-refractivity contribution in [2.45, 2.75) is 56.2 Å². The van der Waals surface area contributed by atoms with E-state index in [4.69, 9.17) is 0 Å². The molecule has 1 aromatic carbocycles. The summed E-state index contributed by atoms with van der Waals surface area (Å²) >= 11 is 0. The first-order chi connectivity index (χ1) is 10.7. The second kappa shape index (κ2) is 6.78. The molecule has 0 spiro atoms. The second-order valence-electron chi connectivity index (χ2n) is 6.66. The third-order valence-electron chi connectivity index (χ3n) is 5.15. The van der Waals surface area contributed by atoms with Crippen LogP contribution in [0.1, 0.15) is 44.1 Å². The summed E-state index contributed by atoms with van der Waals surface area (Å²) < 4.78 is 13.2. The van der Waals surface area contributed by atoms with Crippen molar-refractivity contribution in [1.29, 1.82) is 0 Å². The van der Waals surface area contributed by atoms with E-state index in [1.807, 2.05) is 18.2 Å². The second-order valence-corrected chi connectivity index (χ2v) is 6.66. The third kappa shape index (κ3) is 3.17. The Morgan fingerprint density at radius 3 is 2.59 bits per heavy atom. The number of benzene rings is 1. The Hall–Kier alpha value is -1.42. The highest BCUT2D eigenvalue weighted by atomic mass is 19.1. The molecular formula is C18H25FN2O. The monoisotopic (exact) mass is 304 g/mol. The van der Waals surface area contributed by atoms with Crippen molar-refractivity contribution in [1.82, 2.24) is 10.6 Å². The van der Waals surface area contributed by atoms with Crippen LogP contribution in [0.5, 0.6) is 0 Å². The maximum atomic E-state index is 13.2. The van der Waals surface area contributed by atoms with Crippen LogP contribution in [0.25, 0.3) is 0 Å². The van der Waals surface area contributed by atoms with E-state index in [-0.39, 0.29) is 11.9 Å². The number of amides is 1. The molecule has 22 heavy (non-hydrogen) atoms. The summed E-state index contributed by atoms with van der Waals surface area (Å²) in [6.07, 6.45) is 4.93. The van der Waals surface area contributed by atoms with Gasteiger partial charge in [-0.3, -0.25) is 4.79 Å². The van der Waals surface area contributed by atoms with E-state index in [0.29, 0.717) is 19.5 Å². The van der Waals surface area contributed by atoms with E-state index >= 15 is 0 Å². The Morgan fingerprint density at radius 1 is 1.23 bits per heavy atom. The van der Waals surface area contributed by atoms with Crippen molar-refractivity contribution in [3.8, 4) is 0 Å². The topological polar surface area (TPSA) is 41.1 Å². The van der Waals surface area contributed by atoms with Gasteiger partial charge in [-0.2, -0.15) is 0 Å². The van der Waals surface area contributed by atoms with Gasteiger partial charge in [-0.15, -0.1) is 0 Å². The number of hydrogen-bond donors (Lipinski definition) is 2. The van der Waals surface area contributed by atoms with Crippen LogP contribution in [0.4, 0.5) is 4.39 Å². The van der Waals surface area contributed by atoms with Gasteiger partial charge < -0.3 is 10.6 Å². The van der Waals surface area contributed by atoms with Crippen molar-refractivity contribution in [3.05, 3.63) is 35.9 Å². The predicted molar refractivity (Wildman–Crippen MR) is 85.5 cm³/mol. The van der Waals surface area contributed by atoms with Crippen LogP contribution in [-0.2, 0) is 10.2 Å². The first-order valence-corrected chi connectivity index (χ1v) is 8.42. The van der Waals surface area contributed by atoms with Gasteiger partial charge in [-0.25, -0.2) is 4.39 Å². The summed E-state index contributed by atoms with van der Waals surface area (Å²) in [7, 11) is 0. The highest BCUT2D eigenvalue weighted by molar-refractivity contribution is 5.88. The molecule has 2 fully saturated rings. The molecule has 0 bridgehead atoms. The van der Waals surface area contributed by atoms with Gasteiger partial charge in [0.15, 0.2) is 0 Å². The molecule has 2 atom stereocenters. The fraction of sp³-hybridized carbons (Fsp3) is 0.611. The molecule has 1 aliphatic heterocycles. The fourth-order valence-corrected chi connectivity index (χ4v) is 3.87. The molecule has 1 saturated heterocycles. The molecule has 3 nitrogen and oxygen atoms in total. The summed E-state index contributed by atoms with van der Waals surface area (Å²) in [5, 5.41) is 6.21. The molecule has 1 aliphatic carbocycles. The molecule has 1 heterocycles. The molecule has 3 rings (SSSR count). The Balaban J connectivity index is 1.70. The molecule has 1 saturated carbocycles. The summed E-state index contributed by atoms with van der Waals surface area (Å²) in [6.45, 7) is 0.929. The minimum atomic E-state index is -0.778. The zero-order valence-corrected chi connectivity index (χ0v) is 13.0. The van der Waals surface area contributed by atoms with Crippen molar-refractivity contribution >= 4 is 5.91 Å². The molecule has 1 aromatic rings. The van der Waals surface area contributed by atoms with Gasteiger partial charge in [0.25, 0.3) is 0 Å². The molecular weight excluding hydrogens is 279 g/mol. The summed E-state index contributed by atoms with van der Waals surface area (Å²) in [5.41, 5.74) is 0.725. The number of carbonyl (C=O) groups excluding carboxylic acids is 1. The van der Waals surface area contributed by atoms with Crippen molar-refractivity contribution in [2.75, 3.05) is 13.1 Å². The van der Waals surface area contributed by atoms with E-state index in [1.165, 1.54) is 6.42 Å². The van der Waals surface area contributed by atoms with Gasteiger partial charge in [0.05, 0.1) is 5.41 Å². The van der Waals surface area contributed by atoms with Crippen LogP contribution in [0.2, 0.25) is 0 Å². The normalized spacial score (nSPS) is 27.5. The molecule has 4 heteroatoms. The maximum absolute atomic E-state index is 13.2. The molecule has 1 amide bonds. The lowest BCUT2D eigenvalue weighted by atomic mass is 9.68. The lowest BCUT2D eigenvalue weighted by Crippen LogP contribution is -2.48. The fourth-order valence-electron chi connectivity index (χ4n) is 3.87. The average Bonchev–Trinajstić information content (AvgIpc) is 2.99. The predicted octanol–water partition coefficient (Wildman–Crippen LogP) is 2.70. The largest absolute Gasteiger partial charge is 0.354 e. The quantitative estimate of drug-likeness (QED) is 0.898. The van der Waals surface area contributed by atoms with Crippen molar-refractivity contribution < 1.29 is 9.18 Å². The summed E-state index contributed by atoms with van der Waals surface area (Å²) in [4.78, 5) is 12.9. The summed E-state index contributed by atoms with van der Waals surface area (Å²) in [5.74, 6) is 0.113. The van der Waals surface area contributed by atoms with E-state index in [9.17, 15) is 9.18 Å². The smallest absolute Gasteiger partial charge is 0.230 e. The molecule has 120 valence electrons. The van der Waals surface area contributed by atoms with E-state index in [1.54, 1.807) is 0 Å². The highest BCUT2D eigenvalue weighted by Crippen LogP contribution is 2.39. The zero-order valence-electron chi connectivity index (χ0n) is 13.0. The number of nitrogens with one attached hydrogen (secondary N) is 2. The molecule has 2 unspecified atom stereocenters. The van der Waals surface area contributed by atoms with Gasteiger partial charge >= 0.3 is 0 Å². The number of hydrogen-bond acceptors (Lipinski definition) is 2. The Labute approximate surface area is 131 Å². The van der Waals surface area contributed by atoms with Crippen LogP contribution >= 0.6 is 0 Å². The lowest BCUT2D eigenvalue weighted by Gasteiger charge is -2.36. The molecule has 2 aliphatic rings. The molecule has 0 radical (unpaired) electrons. The Morgan fingerprint density at radius 2 is 1.95 bits per heavy atom. The Kier molecular flexibility index (Phi) is 4.77. The van der Waals surface area contributed by atoms with Crippen LogP contribution in [-0.4, -0.2) is 31.2 Å². The molecule has 2 N–H and O–H groups in total. The van der Waals surface area contributed by atoms with Crippen LogP contribution in [0.15, 0.2) is 30.3 Å². The van der Waals surface area contributed by atoms with Gasteiger partial charge in [0.1, 0.15) is 6.17 Å². The number of alkyl halides is 1. The summed E-state index contributed by atoms with van der Waals surface area (Å²) in [6, 6.07) is 10.2. The minimum absolute atomic E-state index is 0.0652. The van der Waals surface area contributed by atoms with Gasteiger partial charge in [0.2, 0.25) is 5.91 Å². The van der Waals surface area contributed by atoms with E-state index in [2.05, 4.69) is 22.8 Å². The number of carbonyl (C=O) groups is 1. The van der Waals surface area contributed by atoms with E-state index in [0.717, 1.165) is 31.2 Å². The average molecular weight is 304 g/mol.